The molecule has 4 heterocycles. The minimum absolute atomic E-state index is 0.0174. The number of hydrogen-bond acceptors (Lipinski definition) is 16. The van der Waals surface area contributed by atoms with Crippen molar-refractivity contribution >= 4 is 59.2 Å². The highest BCUT2D eigenvalue weighted by atomic mass is 16.6. The van der Waals surface area contributed by atoms with Gasteiger partial charge in [-0.05, 0) is 60.7 Å². The average molecular weight is 1070 g/mol. The smallest absolute Gasteiger partial charge is 0.257 e. The Hall–Kier alpha value is -8.16. The number of aliphatic imine (C=N–C) groups is 2. The molecule has 6 amide bonds. The molecular weight excluding hydrogens is 1010 g/mol. The second kappa shape index (κ2) is 29.4. The van der Waals surface area contributed by atoms with Crippen molar-refractivity contribution in [2.45, 2.75) is 51.4 Å². The molecule has 3 aromatic carbocycles. The van der Waals surface area contributed by atoms with Crippen molar-refractivity contribution in [3.63, 3.8) is 0 Å². The van der Waals surface area contributed by atoms with Gasteiger partial charge in [0.1, 0.15) is 13.2 Å². The second-order valence-corrected chi connectivity index (χ2v) is 18.2. The van der Waals surface area contributed by atoms with Crippen LogP contribution in [0.4, 0.5) is 11.4 Å². The predicted molar refractivity (Wildman–Crippen MR) is 288 cm³/mol. The molecule has 0 radical (unpaired) electrons. The van der Waals surface area contributed by atoms with Gasteiger partial charge in [0.05, 0.1) is 102 Å². The van der Waals surface area contributed by atoms with Crippen LogP contribution in [0.3, 0.4) is 0 Å². The highest BCUT2D eigenvalue weighted by molar-refractivity contribution is 6.13. The van der Waals surface area contributed by atoms with Crippen molar-refractivity contribution in [3.05, 3.63) is 107 Å². The molecule has 0 aliphatic carbocycles. The number of fused-ring (bicyclic) bond motifs is 3. The van der Waals surface area contributed by atoms with Gasteiger partial charge in [-0.15, -0.1) is 0 Å². The molecule has 3 aromatic rings. The van der Waals surface area contributed by atoms with E-state index >= 15 is 0 Å². The van der Waals surface area contributed by atoms with E-state index in [2.05, 4.69) is 50.9 Å². The molecule has 0 unspecified atom stereocenters. The molecule has 0 spiro atoms. The van der Waals surface area contributed by atoms with Crippen molar-refractivity contribution in [1.82, 2.24) is 25.8 Å². The maximum Gasteiger partial charge on any atom is 0.257 e. The summed E-state index contributed by atoms with van der Waals surface area (Å²) in [7, 11) is 3.01. The number of carbonyl (C=O) groups excluding carboxylic acids is 6. The average Bonchev–Trinajstić information content (AvgIpc) is 3.95. The zero-order valence-corrected chi connectivity index (χ0v) is 44.0. The van der Waals surface area contributed by atoms with Crippen molar-refractivity contribution in [1.29, 1.82) is 0 Å². The Morgan fingerprint density at radius 1 is 0.705 bits per heavy atom. The van der Waals surface area contributed by atoms with E-state index in [1.54, 1.807) is 41.6 Å². The van der Waals surface area contributed by atoms with Gasteiger partial charge in [-0.1, -0.05) is 36.1 Å². The number of hydrogen-bond donors (Lipinski definition) is 3. The summed E-state index contributed by atoms with van der Waals surface area (Å²) >= 11 is 0. The molecule has 0 aromatic heterocycles. The standard InChI is InChI=1S/C57H65N7O14/c1-38-7-5-13-58-46-31-50(48(71-3)29-44(46)56(69)62-33-38)77-36-41-26-40(27-42(28-41)37-78-51-32-47-45(30-49(51)72-4)57(70)64-35-39(2)25-43(64)34-61-47)8-6-14-59-53(66)12-17-73-19-21-75-23-24-76-22-20-74-18-15-60-52(65)11-16-63-54(67)9-10-55(63)68/h9-10,13,26-32,34,43H,1-2,5,7,11-12,14-25,33,35-37H2,3-4H3,(H,59,66)(H,60,65)(H,62,69)/b58-13-/t43-/m0/s1. The van der Waals surface area contributed by atoms with Gasteiger partial charge in [0, 0.05) is 81.3 Å². The molecule has 1 fully saturated rings. The Bertz CT molecular complexity index is 2830. The van der Waals surface area contributed by atoms with Gasteiger partial charge < -0.3 is 58.7 Å². The Morgan fingerprint density at radius 2 is 1.31 bits per heavy atom. The number of benzene rings is 3. The first kappa shape index (κ1) is 57.5. The minimum atomic E-state index is -0.421. The van der Waals surface area contributed by atoms with Crippen molar-refractivity contribution in [2.75, 3.05) is 99.8 Å². The highest BCUT2D eigenvalue weighted by Crippen LogP contribution is 2.39. The molecule has 3 N–H and O–H groups in total. The van der Waals surface area contributed by atoms with Gasteiger partial charge >= 0.3 is 0 Å². The third-order valence-electron chi connectivity index (χ3n) is 12.4. The van der Waals surface area contributed by atoms with Gasteiger partial charge in [0.2, 0.25) is 11.8 Å². The lowest BCUT2D eigenvalue weighted by Crippen LogP contribution is -2.35. The van der Waals surface area contributed by atoms with Crippen LogP contribution in [-0.4, -0.2) is 164 Å². The minimum Gasteiger partial charge on any atom is -0.493 e. The van der Waals surface area contributed by atoms with E-state index in [4.69, 9.17) is 37.9 Å². The first-order chi connectivity index (χ1) is 37.9. The van der Waals surface area contributed by atoms with E-state index < -0.39 is 11.8 Å². The predicted octanol–water partition coefficient (Wildman–Crippen LogP) is 4.49. The van der Waals surface area contributed by atoms with Crippen LogP contribution in [0.1, 0.15) is 69.5 Å². The number of nitrogens with zero attached hydrogens (tertiary/aromatic N) is 4. The Labute approximate surface area is 453 Å². The van der Waals surface area contributed by atoms with Crippen LogP contribution < -0.4 is 34.9 Å². The summed E-state index contributed by atoms with van der Waals surface area (Å²) in [5, 5.41) is 8.38. The van der Waals surface area contributed by atoms with E-state index in [9.17, 15) is 28.8 Å². The largest absolute Gasteiger partial charge is 0.493 e. The summed E-state index contributed by atoms with van der Waals surface area (Å²) in [5.74, 6) is 5.83. The van der Waals surface area contributed by atoms with Crippen LogP contribution in [-0.2, 0) is 51.3 Å². The zero-order chi connectivity index (χ0) is 55.2. The molecule has 1 atom stereocenters. The lowest BCUT2D eigenvalue weighted by molar-refractivity contribution is -0.137. The van der Waals surface area contributed by atoms with Crippen LogP contribution in [0.2, 0.25) is 0 Å². The fraction of sp³-hybridized carbons (Fsp3) is 0.404. The molecule has 412 valence electrons. The summed E-state index contributed by atoms with van der Waals surface area (Å²) in [6.45, 7) is 11.9. The third-order valence-corrected chi connectivity index (χ3v) is 12.4. The number of ether oxygens (including phenoxy) is 8. The molecule has 4 aliphatic rings. The fourth-order valence-electron chi connectivity index (χ4n) is 8.38. The quantitative estimate of drug-likeness (QED) is 0.0413. The van der Waals surface area contributed by atoms with Gasteiger partial charge in [-0.25, -0.2) is 0 Å². The summed E-state index contributed by atoms with van der Waals surface area (Å²) in [6.07, 6.45) is 8.05. The topological polar surface area (TPSA) is 244 Å². The third kappa shape index (κ3) is 16.9. The Kier molecular flexibility index (Phi) is 21.7. The van der Waals surface area contributed by atoms with E-state index in [0.29, 0.717) is 123 Å². The van der Waals surface area contributed by atoms with Crippen LogP contribution in [0.15, 0.2) is 88.9 Å². The van der Waals surface area contributed by atoms with Gasteiger partial charge in [0.15, 0.2) is 23.0 Å². The molecule has 1 saturated heterocycles. The summed E-state index contributed by atoms with van der Waals surface area (Å²) in [4.78, 5) is 86.5. The number of imide groups is 1. The first-order valence-corrected chi connectivity index (χ1v) is 25.6. The van der Waals surface area contributed by atoms with Crippen LogP contribution >= 0.6 is 0 Å². The molecule has 78 heavy (non-hydrogen) atoms. The van der Waals surface area contributed by atoms with Gasteiger partial charge in [-0.3, -0.25) is 43.7 Å². The van der Waals surface area contributed by atoms with E-state index in [1.807, 2.05) is 18.2 Å². The van der Waals surface area contributed by atoms with Gasteiger partial charge in [0.25, 0.3) is 23.6 Å². The van der Waals surface area contributed by atoms with Crippen molar-refractivity contribution < 1.29 is 66.7 Å². The number of carbonyl (C=O) groups is 6. The fourth-order valence-corrected chi connectivity index (χ4v) is 8.38. The number of amides is 6. The van der Waals surface area contributed by atoms with Gasteiger partial charge in [-0.2, -0.15) is 0 Å². The maximum absolute atomic E-state index is 13.6. The Balaban J connectivity index is 0.868. The highest BCUT2D eigenvalue weighted by Gasteiger charge is 2.34. The van der Waals surface area contributed by atoms with E-state index in [1.165, 1.54) is 26.4 Å². The van der Waals surface area contributed by atoms with Crippen molar-refractivity contribution in [3.8, 4) is 34.8 Å². The van der Waals surface area contributed by atoms with Crippen molar-refractivity contribution in [2.24, 2.45) is 9.98 Å². The molecule has 7 rings (SSSR count). The molecule has 0 saturated carbocycles. The zero-order valence-electron chi connectivity index (χ0n) is 44.0. The lowest BCUT2D eigenvalue weighted by Gasteiger charge is -2.20. The normalized spacial score (nSPS) is 16.1. The SMILES string of the molecule is C=C1CC/C=N\c2cc(OCc3cc(C#CCNC(=O)CCOCCOCCOCCOCCNC(=O)CCN4C(=O)C=CC4=O)cc(COc4cc5c(cc4OC)C(=O)N4CC(=C)C[C@H]4C=N5)c3)c(OC)cc2C(=O)NC1. The van der Waals surface area contributed by atoms with Crippen LogP contribution in [0.25, 0.3) is 0 Å². The number of nitrogens with one attached hydrogen (secondary N) is 3. The molecule has 4 aliphatic heterocycles. The summed E-state index contributed by atoms with van der Waals surface area (Å²) < 4.78 is 46.1. The Morgan fingerprint density at radius 3 is 1.96 bits per heavy atom. The van der Waals surface area contributed by atoms with Crippen LogP contribution in [0.5, 0.6) is 23.0 Å². The number of methoxy groups -OCH3 is 2. The monoisotopic (exact) mass is 1070 g/mol. The molecule has 0 bridgehead atoms. The first-order valence-electron chi connectivity index (χ1n) is 25.6. The summed E-state index contributed by atoms with van der Waals surface area (Å²) in [5.41, 5.74) is 5.62. The summed E-state index contributed by atoms with van der Waals surface area (Å²) in [6, 6.07) is 12.1. The molecule has 21 heteroatoms. The van der Waals surface area contributed by atoms with E-state index in [-0.39, 0.29) is 88.6 Å². The second-order valence-electron chi connectivity index (χ2n) is 18.2. The maximum atomic E-state index is 13.6. The molecular formula is C57H65N7O14. The number of rotatable bonds is 27. The van der Waals surface area contributed by atoms with E-state index in [0.717, 1.165) is 27.2 Å². The molecule has 21 nitrogen and oxygen atoms in total. The lowest BCUT2D eigenvalue weighted by atomic mass is 10.1. The van der Waals surface area contributed by atoms with Crippen LogP contribution in [0, 0.1) is 11.8 Å².